The SMILES string of the molecule is CC(C)(C)OC(=O)N1Cc2c(F)cccc2CCOc2cc(Br)c3nncn3c21. The van der Waals surface area contributed by atoms with Crippen molar-refractivity contribution in [3.8, 4) is 5.75 Å². The lowest BCUT2D eigenvalue weighted by atomic mass is 10.0. The highest BCUT2D eigenvalue weighted by Crippen LogP contribution is 2.37. The van der Waals surface area contributed by atoms with Gasteiger partial charge in [0.2, 0.25) is 0 Å². The standard InChI is InChI=1S/C20H20BrFN4O3/c1-20(2,3)29-19(27)25-10-13-12(5-4-6-15(13)22)7-8-28-16-9-14(21)17-24-23-11-26(17)18(16)25/h4-6,9,11H,7-8,10H2,1-3H3. The number of hydrogen-bond donors (Lipinski definition) is 0. The van der Waals surface area contributed by atoms with Gasteiger partial charge in [-0.2, -0.15) is 0 Å². The molecule has 29 heavy (non-hydrogen) atoms. The van der Waals surface area contributed by atoms with Crippen LogP contribution in [-0.2, 0) is 17.7 Å². The molecule has 1 amide bonds. The van der Waals surface area contributed by atoms with Gasteiger partial charge in [0.25, 0.3) is 0 Å². The van der Waals surface area contributed by atoms with Crippen LogP contribution in [0.4, 0.5) is 15.0 Å². The monoisotopic (exact) mass is 462 g/mol. The highest BCUT2D eigenvalue weighted by molar-refractivity contribution is 9.10. The van der Waals surface area contributed by atoms with Crippen LogP contribution in [0.3, 0.4) is 0 Å². The van der Waals surface area contributed by atoms with Crippen molar-refractivity contribution in [1.29, 1.82) is 0 Å². The van der Waals surface area contributed by atoms with Crippen molar-refractivity contribution in [3.05, 3.63) is 52.0 Å². The van der Waals surface area contributed by atoms with E-state index in [2.05, 4.69) is 26.1 Å². The molecule has 0 spiro atoms. The molecule has 1 aliphatic heterocycles. The van der Waals surface area contributed by atoms with E-state index in [0.29, 0.717) is 40.3 Å². The Labute approximate surface area is 175 Å². The zero-order valence-corrected chi connectivity index (χ0v) is 17.9. The van der Waals surface area contributed by atoms with Crippen LogP contribution >= 0.6 is 15.9 Å². The number of nitrogens with zero attached hydrogens (tertiary/aromatic N) is 4. The molecular weight excluding hydrogens is 443 g/mol. The average Bonchev–Trinajstić information content (AvgIpc) is 3.12. The maximum atomic E-state index is 14.7. The van der Waals surface area contributed by atoms with Gasteiger partial charge in [0.1, 0.15) is 17.7 Å². The Hall–Kier alpha value is -2.68. The van der Waals surface area contributed by atoms with Gasteiger partial charge in [0.05, 0.1) is 17.6 Å². The molecule has 0 atom stereocenters. The van der Waals surface area contributed by atoms with Crippen LogP contribution in [0.5, 0.6) is 5.75 Å². The summed E-state index contributed by atoms with van der Waals surface area (Å²) in [6.07, 6.45) is 1.38. The molecule has 9 heteroatoms. The van der Waals surface area contributed by atoms with Crippen molar-refractivity contribution in [2.45, 2.75) is 39.3 Å². The second-order valence-corrected chi connectivity index (χ2v) is 8.60. The molecule has 0 saturated carbocycles. The van der Waals surface area contributed by atoms with Gasteiger partial charge < -0.3 is 9.47 Å². The van der Waals surface area contributed by atoms with E-state index in [1.54, 1.807) is 37.3 Å². The molecule has 2 aromatic heterocycles. The number of rotatable bonds is 0. The molecule has 0 saturated heterocycles. The zero-order chi connectivity index (χ0) is 20.8. The minimum Gasteiger partial charge on any atom is -0.489 e. The van der Waals surface area contributed by atoms with Crippen molar-refractivity contribution in [1.82, 2.24) is 14.6 Å². The fourth-order valence-corrected chi connectivity index (χ4v) is 3.75. The van der Waals surface area contributed by atoms with Gasteiger partial charge in [-0.3, -0.25) is 9.30 Å². The molecule has 1 aliphatic rings. The lowest BCUT2D eigenvalue weighted by Crippen LogP contribution is -2.38. The molecule has 0 radical (unpaired) electrons. The second-order valence-electron chi connectivity index (χ2n) is 7.75. The minimum absolute atomic E-state index is 0.0117. The first-order chi connectivity index (χ1) is 13.7. The molecule has 7 nitrogen and oxygen atoms in total. The number of amides is 1. The number of anilines is 1. The van der Waals surface area contributed by atoms with Crippen LogP contribution in [0.2, 0.25) is 0 Å². The summed E-state index contributed by atoms with van der Waals surface area (Å²) < 4.78 is 28.6. The summed E-state index contributed by atoms with van der Waals surface area (Å²) in [6.45, 7) is 5.66. The van der Waals surface area contributed by atoms with Crippen molar-refractivity contribution >= 4 is 33.5 Å². The van der Waals surface area contributed by atoms with Gasteiger partial charge in [-0.1, -0.05) is 12.1 Å². The van der Waals surface area contributed by atoms with E-state index in [-0.39, 0.29) is 12.4 Å². The van der Waals surface area contributed by atoms with Crippen molar-refractivity contribution in [3.63, 3.8) is 0 Å². The van der Waals surface area contributed by atoms with Crippen LogP contribution in [0.1, 0.15) is 31.9 Å². The molecule has 1 aromatic carbocycles. The lowest BCUT2D eigenvalue weighted by Gasteiger charge is -2.29. The first kappa shape index (κ1) is 19.6. The summed E-state index contributed by atoms with van der Waals surface area (Å²) in [4.78, 5) is 14.6. The normalized spacial score (nSPS) is 14.3. The van der Waals surface area contributed by atoms with E-state index in [0.717, 1.165) is 5.56 Å². The topological polar surface area (TPSA) is 69.0 Å². The zero-order valence-electron chi connectivity index (χ0n) is 16.3. The number of carbonyl (C=O) groups is 1. The number of aromatic nitrogens is 3. The maximum absolute atomic E-state index is 14.7. The van der Waals surface area contributed by atoms with E-state index in [1.165, 1.54) is 17.3 Å². The first-order valence-electron chi connectivity index (χ1n) is 9.16. The van der Waals surface area contributed by atoms with Gasteiger partial charge in [0, 0.05) is 18.1 Å². The molecule has 3 heterocycles. The number of carbonyl (C=O) groups excluding carboxylic acids is 1. The van der Waals surface area contributed by atoms with E-state index < -0.39 is 11.7 Å². The van der Waals surface area contributed by atoms with Crippen molar-refractivity contribution in [2.24, 2.45) is 0 Å². The largest absolute Gasteiger partial charge is 0.489 e. The predicted molar refractivity (Wildman–Crippen MR) is 109 cm³/mol. The molecule has 0 unspecified atom stereocenters. The molecule has 152 valence electrons. The summed E-state index contributed by atoms with van der Waals surface area (Å²) in [5.41, 5.74) is 0.995. The summed E-state index contributed by atoms with van der Waals surface area (Å²) in [5.74, 6) is 0.457. The second kappa shape index (κ2) is 7.29. The van der Waals surface area contributed by atoms with Gasteiger partial charge in [-0.25, -0.2) is 9.18 Å². The lowest BCUT2D eigenvalue weighted by molar-refractivity contribution is 0.0574. The molecular formula is C20H20BrFN4O3. The van der Waals surface area contributed by atoms with E-state index in [1.807, 2.05) is 6.07 Å². The number of hydrogen-bond acceptors (Lipinski definition) is 5. The maximum Gasteiger partial charge on any atom is 0.416 e. The quantitative estimate of drug-likeness (QED) is 0.491. The Morgan fingerprint density at radius 1 is 1.34 bits per heavy atom. The minimum atomic E-state index is -0.726. The fraction of sp³-hybridized carbons (Fsp3) is 0.350. The number of fused-ring (bicyclic) bond motifs is 4. The summed E-state index contributed by atoms with van der Waals surface area (Å²) >= 11 is 3.47. The van der Waals surface area contributed by atoms with Crippen molar-refractivity contribution < 1.29 is 18.7 Å². The third-order valence-electron chi connectivity index (χ3n) is 4.50. The van der Waals surface area contributed by atoms with Gasteiger partial charge in [0.15, 0.2) is 17.2 Å². The van der Waals surface area contributed by atoms with E-state index in [4.69, 9.17) is 9.47 Å². The Bertz CT molecular complexity index is 1090. The summed E-state index contributed by atoms with van der Waals surface area (Å²) in [6, 6.07) is 6.63. The van der Waals surface area contributed by atoms with E-state index >= 15 is 0 Å². The Morgan fingerprint density at radius 2 is 2.14 bits per heavy atom. The smallest absolute Gasteiger partial charge is 0.416 e. The number of halogens is 2. The number of ether oxygens (including phenoxy) is 2. The molecule has 0 fully saturated rings. The van der Waals surface area contributed by atoms with Crippen LogP contribution in [-0.4, -0.2) is 32.9 Å². The van der Waals surface area contributed by atoms with Crippen LogP contribution < -0.4 is 9.64 Å². The molecule has 4 rings (SSSR count). The van der Waals surface area contributed by atoms with Crippen molar-refractivity contribution in [2.75, 3.05) is 11.5 Å². The van der Waals surface area contributed by atoms with Crippen LogP contribution in [0, 0.1) is 5.82 Å². The average molecular weight is 463 g/mol. The Kier molecular flexibility index (Phi) is 4.94. The molecule has 0 bridgehead atoms. The molecule has 3 aromatic rings. The number of pyridine rings is 1. The van der Waals surface area contributed by atoms with Gasteiger partial charge in [-0.15, -0.1) is 10.2 Å². The molecule has 0 aliphatic carbocycles. The third kappa shape index (κ3) is 3.78. The Morgan fingerprint density at radius 3 is 2.90 bits per heavy atom. The summed E-state index contributed by atoms with van der Waals surface area (Å²) in [5, 5.41) is 8.04. The Balaban J connectivity index is 1.94. The highest BCUT2D eigenvalue weighted by atomic mass is 79.9. The first-order valence-corrected chi connectivity index (χ1v) is 9.96. The van der Waals surface area contributed by atoms with Gasteiger partial charge >= 0.3 is 6.09 Å². The van der Waals surface area contributed by atoms with Crippen LogP contribution in [0.25, 0.3) is 5.65 Å². The van der Waals surface area contributed by atoms with Gasteiger partial charge in [-0.05, 0) is 48.3 Å². The molecule has 0 N–H and O–H groups in total. The van der Waals surface area contributed by atoms with E-state index in [9.17, 15) is 9.18 Å². The third-order valence-corrected chi connectivity index (χ3v) is 5.08. The number of benzene rings is 1. The summed E-state index contributed by atoms with van der Waals surface area (Å²) in [7, 11) is 0. The fourth-order valence-electron chi connectivity index (χ4n) is 3.27. The predicted octanol–water partition coefficient (Wildman–Crippen LogP) is 4.51. The highest BCUT2D eigenvalue weighted by Gasteiger charge is 2.31. The van der Waals surface area contributed by atoms with Crippen LogP contribution in [0.15, 0.2) is 35.1 Å².